The van der Waals surface area contributed by atoms with Crippen LogP contribution in [-0.4, -0.2) is 28.9 Å². The molecule has 1 amide bonds. The van der Waals surface area contributed by atoms with E-state index >= 15 is 0 Å². The Labute approximate surface area is 188 Å². The van der Waals surface area contributed by atoms with Gasteiger partial charge in [-0.15, -0.1) is 0 Å². The number of aryl methyl sites for hydroxylation is 1. The van der Waals surface area contributed by atoms with E-state index in [1.54, 1.807) is 0 Å². The molecule has 0 unspecified atom stereocenters. The van der Waals surface area contributed by atoms with Crippen molar-refractivity contribution in [3.63, 3.8) is 0 Å². The Kier molecular flexibility index (Phi) is 4.46. The van der Waals surface area contributed by atoms with Gasteiger partial charge < -0.3 is 9.80 Å². The highest BCUT2D eigenvalue weighted by Crippen LogP contribution is 2.35. The summed E-state index contributed by atoms with van der Waals surface area (Å²) in [4.78, 5) is 22.3. The number of hydrogen-bond acceptors (Lipinski definition) is 3. The summed E-state index contributed by atoms with van der Waals surface area (Å²) < 4.78 is 0. The summed E-state index contributed by atoms with van der Waals surface area (Å²) in [5.74, 6) is 1.14. The third kappa shape index (κ3) is 3.23. The fraction of sp³-hybridized carbons (Fsp3) is 0.214. The van der Waals surface area contributed by atoms with Crippen LogP contribution in [0.3, 0.4) is 0 Å². The first kappa shape index (κ1) is 19.1. The van der Waals surface area contributed by atoms with Gasteiger partial charge in [0.25, 0.3) is 5.91 Å². The van der Waals surface area contributed by atoms with E-state index < -0.39 is 0 Å². The molecule has 0 saturated carbocycles. The second-order valence-corrected chi connectivity index (χ2v) is 8.86. The maximum atomic E-state index is 13.1. The van der Waals surface area contributed by atoms with E-state index in [0.717, 1.165) is 48.5 Å². The molecule has 3 aromatic carbocycles. The lowest BCUT2D eigenvalue weighted by Gasteiger charge is -2.29. The van der Waals surface area contributed by atoms with Gasteiger partial charge >= 0.3 is 0 Å². The molecule has 4 nitrogen and oxygen atoms in total. The average Bonchev–Trinajstić information content (AvgIpc) is 3.24. The van der Waals surface area contributed by atoms with Gasteiger partial charge in [0.1, 0.15) is 5.82 Å². The molecule has 1 aromatic heterocycles. The molecule has 4 heteroatoms. The van der Waals surface area contributed by atoms with Crippen LogP contribution in [0.5, 0.6) is 0 Å². The van der Waals surface area contributed by atoms with Crippen LogP contribution in [0.4, 0.5) is 11.5 Å². The summed E-state index contributed by atoms with van der Waals surface area (Å²) in [5.41, 5.74) is 7.98. The first-order valence-electron chi connectivity index (χ1n) is 11.3. The lowest BCUT2D eigenvalue weighted by molar-refractivity contribution is 0.0734. The molecule has 2 aliphatic heterocycles. The quantitative estimate of drug-likeness (QED) is 0.434. The van der Waals surface area contributed by atoms with Crippen molar-refractivity contribution >= 4 is 28.3 Å². The summed E-state index contributed by atoms with van der Waals surface area (Å²) in [6, 6.07) is 25.2. The summed E-state index contributed by atoms with van der Waals surface area (Å²) in [6.45, 7) is 4.47. The number of rotatable bonds is 2. The monoisotopic (exact) mass is 419 g/mol. The van der Waals surface area contributed by atoms with Gasteiger partial charge in [-0.25, -0.2) is 4.98 Å². The van der Waals surface area contributed by atoms with Crippen molar-refractivity contribution in [3.05, 3.63) is 101 Å². The molecule has 0 saturated heterocycles. The van der Waals surface area contributed by atoms with Crippen LogP contribution in [0.25, 0.3) is 10.9 Å². The van der Waals surface area contributed by atoms with E-state index in [4.69, 9.17) is 4.98 Å². The summed E-state index contributed by atoms with van der Waals surface area (Å²) >= 11 is 0. The van der Waals surface area contributed by atoms with Crippen LogP contribution in [0.2, 0.25) is 0 Å². The predicted molar refractivity (Wildman–Crippen MR) is 129 cm³/mol. The molecule has 0 spiro atoms. The van der Waals surface area contributed by atoms with E-state index in [1.165, 1.54) is 27.6 Å². The number of carbonyl (C=O) groups excluding carboxylic acids is 1. The molecule has 3 heterocycles. The van der Waals surface area contributed by atoms with Gasteiger partial charge in [0.15, 0.2) is 0 Å². The highest BCUT2D eigenvalue weighted by atomic mass is 16.2. The van der Waals surface area contributed by atoms with Gasteiger partial charge in [-0.3, -0.25) is 4.79 Å². The van der Waals surface area contributed by atoms with Crippen LogP contribution >= 0.6 is 0 Å². The Morgan fingerprint density at radius 3 is 2.47 bits per heavy atom. The second kappa shape index (κ2) is 7.49. The molecule has 2 aliphatic rings. The number of fused-ring (bicyclic) bond motifs is 3. The van der Waals surface area contributed by atoms with Crippen LogP contribution in [0.15, 0.2) is 72.8 Å². The third-order valence-corrected chi connectivity index (χ3v) is 6.73. The zero-order valence-corrected chi connectivity index (χ0v) is 18.2. The lowest BCUT2D eigenvalue weighted by Crippen LogP contribution is -2.35. The van der Waals surface area contributed by atoms with Gasteiger partial charge in [-0.1, -0.05) is 36.4 Å². The zero-order chi connectivity index (χ0) is 21.7. The lowest BCUT2D eigenvalue weighted by atomic mass is 9.99. The van der Waals surface area contributed by atoms with Gasteiger partial charge in [0.05, 0.1) is 5.52 Å². The Morgan fingerprint density at radius 1 is 0.844 bits per heavy atom. The summed E-state index contributed by atoms with van der Waals surface area (Å²) in [6.07, 6.45) is 1.91. The Morgan fingerprint density at radius 2 is 1.62 bits per heavy atom. The second-order valence-electron chi connectivity index (χ2n) is 8.86. The topological polar surface area (TPSA) is 36.4 Å². The molecule has 0 bridgehead atoms. The highest BCUT2D eigenvalue weighted by Gasteiger charge is 2.24. The molecule has 0 aliphatic carbocycles. The molecule has 0 radical (unpaired) electrons. The van der Waals surface area contributed by atoms with Crippen molar-refractivity contribution in [2.24, 2.45) is 0 Å². The number of carbonyl (C=O) groups is 1. The normalized spacial score (nSPS) is 15.0. The first-order valence-corrected chi connectivity index (χ1v) is 11.3. The number of hydrogen-bond donors (Lipinski definition) is 0. The van der Waals surface area contributed by atoms with Crippen molar-refractivity contribution < 1.29 is 4.79 Å². The molecule has 0 atom stereocenters. The number of amides is 1. The smallest absolute Gasteiger partial charge is 0.254 e. The number of aromatic nitrogens is 1. The van der Waals surface area contributed by atoms with E-state index in [1.807, 2.05) is 23.1 Å². The van der Waals surface area contributed by atoms with Crippen molar-refractivity contribution in [2.75, 3.05) is 18.0 Å². The van der Waals surface area contributed by atoms with Crippen LogP contribution in [0, 0.1) is 6.92 Å². The largest absolute Gasteiger partial charge is 0.334 e. The maximum absolute atomic E-state index is 13.1. The van der Waals surface area contributed by atoms with Gasteiger partial charge in [-0.05, 0) is 78.4 Å². The number of benzene rings is 3. The SMILES string of the molecule is Cc1ccc2cc3c(nc2c1)N(c1ccc(C(=O)N2CCc4ccccc4C2)cc1)CC3. The van der Waals surface area contributed by atoms with Crippen molar-refractivity contribution in [3.8, 4) is 0 Å². The molecular formula is C28H25N3O. The van der Waals surface area contributed by atoms with E-state index in [-0.39, 0.29) is 5.91 Å². The third-order valence-electron chi connectivity index (χ3n) is 6.73. The molecule has 6 rings (SSSR count). The number of nitrogens with zero attached hydrogens (tertiary/aromatic N) is 3. The van der Waals surface area contributed by atoms with Crippen molar-refractivity contribution in [1.29, 1.82) is 0 Å². The number of pyridine rings is 1. The van der Waals surface area contributed by atoms with Crippen molar-refractivity contribution in [2.45, 2.75) is 26.3 Å². The molecule has 0 fully saturated rings. The zero-order valence-electron chi connectivity index (χ0n) is 18.2. The molecule has 4 aromatic rings. The minimum absolute atomic E-state index is 0.104. The van der Waals surface area contributed by atoms with Crippen LogP contribution in [0.1, 0.15) is 32.6 Å². The fourth-order valence-electron chi connectivity index (χ4n) is 4.95. The van der Waals surface area contributed by atoms with Gasteiger partial charge in [0.2, 0.25) is 0 Å². The summed E-state index contributed by atoms with van der Waals surface area (Å²) in [5, 5.41) is 1.19. The highest BCUT2D eigenvalue weighted by molar-refractivity contribution is 5.95. The van der Waals surface area contributed by atoms with Crippen molar-refractivity contribution in [1.82, 2.24) is 9.88 Å². The first-order chi connectivity index (χ1) is 15.7. The maximum Gasteiger partial charge on any atom is 0.254 e. The fourth-order valence-corrected chi connectivity index (χ4v) is 4.95. The molecule has 158 valence electrons. The molecule has 32 heavy (non-hydrogen) atoms. The van der Waals surface area contributed by atoms with E-state index in [0.29, 0.717) is 6.54 Å². The summed E-state index contributed by atoms with van der Waals surface area (Å²) in [7, 11) is 0. The minimum atomic E-state index is 0.104. The predicted octanol–water partition coefficient (Wildman–Crippen LogP) is 5.44. The van der Waals surface area contributed by atoms with E-state index in [2.05, 4.69) is 66.4 Å². The Hall–Kier alpha value is -3.66. The van der Waals surface area contributed by atoms with Gasteiger partial charge in [-0.2, -0.15) is 0 Å². The van der Waals surface area contributed by atoms with Crippen LogP contribution in [-0.2, 0) is 19.4 Å². The standard InChI is InChI=1S/C28H25N3O/c1-19-6-7-22-17-23-13-15-31(27(23)29-26(22)16-19)25-10-8-21(9-11-25)28(32)30-14-12-20-4-2-3-5-24(20)18-30/h2-11,16-17H,12-15,18H2,1H3. The minimum Gasteiger partial charge on any atom is -0.334 e. The Balaban J connectivity index is 1.25. The Bertz CT molecular complexity index is 1340. The number of anilines is 2. The van der Waals surface area contributed by atoms with E-state index in [9.17, 15) is 4.79 Å². The van der Waals surface area contributed by atoms with Crippen LogP contribution < -0.4 is 4.90 Å². The average molecular weight is 420 g/mol. The molecular weight excluding hydrogens is 394 g/mol. The van der Waals surface area contributed by atoms with Gasteiger partial charge in [0, 0.05) is 36.3 Å². The molecule has 0 N–H and O–H groups in total.